The molecule has 1 N–H and O–H groups in total. The monoisotopic (exact) mass is 317 g/mol. The molecule has 0 aliphatic carbocycles. The predicted octanol–water partition coefficient (Wildman–Crippen LogP) is 4.07. The smallest absolute Gasteiger partial charge is 0.344 e. The van der Waals surface area contributed by atoms with Crippen molar-refractivity contribution in [2.45, 2.75) is 25.3 Å². The first-order chi connectivity index (χ1) is 8.66. The number of hydrogen-bond acceptors (Lipinski definition) is 1. The number of alkyl halides is 4. The number of benzene rings is 1. The molecule has 0 saturated heterocycles. The lowest BCUT2D eigenvalue weighted by atomic mass is 10.1. The molecule has 1 aromatic carbocycles. The summed E-state index contributed by atoms with van der Waals surface area (Å²) in [4.78, 5) is 11.0. The normalized spacial score (nSPS) is 13.5. The van der Waals surface area contributed by atoms with E-state index in [1.807, 2.05) is 0 Å². The zero-order chi connectivity index (χ0) is 14.8. The molecular formula is C11H9Cl2F4NO. The van der Waals surface area contributed by atoms with Crippen LogP contribution < -0.4 is 5.32 Å². The van der Waals surface area contributed by atoms with E-state index in [1.54, 1.807) is 5.32 Å². The maximum atomic E-state index is 12.8. The average Bonchev–Trinajstić information content (AvgIpc) is 2.32. The molecule has 0 aliphatic rings. The van der Waals surface area contributed by atoms with Crippen molar-refractivity contribution in [3.8, 4) is 0 Å². The van der Waals surface area contributed by atoms with Gasteiger partial charge in [0, 0.05) is 0 Å². The molecule has 0 spiro atoms. The average molecular weight is 318 g/mol. The van der Waals surface area contributed by atoms with E-state index in [0.717, 1.165) is 0 Å². The van der Waals surface area contributed by atoms with Crippen LogP contribution >= 0.6 is 23.2 Å². The molecular weight excluding hydrogens is 309 g/mol. The second-order valence-electron chi connectivity index (χ2n) is 3.79. The molecule has 8 heteroatoms. The fourth-order valence-corrected chi connectivity index (χ4v) is 1.56. The van der Waals surface area contributed by atoms with Crippen LogP contribution in [-0.4, -0.2) is 18.3 Å². The molecule has 0 radical (unpaired) electrons. The van der Waals surface area contributed by atoms with Crippen LogP contribution in [0.2, 0.25) is 10.0 Å². The van der Waals surface area contributed by atoms with Crippen LogP contribution in [0.15, 0.2) is 18.2 Å². The molecule has 0 aliphatic heterocycles. The fourth-order valence-electron chi connectivity index (χ4n) is 1.26. The van der Waals surface area contributed by atoms with Gasteiger partial charge < -0.3 is 5.32 Å². The van der Waals surface area contributed by atoms with Gasteiger partial charge in [-0.2, -0.15) is 8.78 Å². The highest BCUT2D eigenvalue weighted by Crippen LogP contribution is 2.27. The largest absolute Gasteiger partial charge is 0.383 e. The Kier molecular flexibility index (Phi) is 5.04. The number of nitrogens with one attached hydrogen (secondary N) is 1. The summed E-state index contributed by atoms with van der Waals surface area (Å²) in [7, 11) is 0. The van der Waals surface area contributed by atoms with Crippen molar-refractivity contribution in [1.82, 2.24) is 5.32 Å². The number of carbonyl (C=O) groups is 1. The molecule has 0 heterocycles. The van der Waals surface area contributed by atoms with Crippen LogP contribution in [0.3, 0.4) is 0 Å². The van der Waals surface area contributed by atoms with Crippen molar-refractivity contribution < 1.29 is 22.4 Å². The number of hydrogen-bond donors (Lipinski definition) is 1. The minimum atomic E-state index is -4.73. The minimum absolute atomic E-state index is 0.167. The molecule has 1 atom stereocenters. The summed E-state index contributed by atoms with van der Waals surface area (Å²) in [6.45, 7) is 1.36. The lowest BCUT2D eigenvalue weighted by Crippen LogP contribution is -2.45. The summed E-state index contributed by atoms with van der Waals surface area (Å²) in [5.41, 5.74) is 0.368. The Bertz CT molecular complexity index is 482. The second kappa shape index (κ2) is 5.96. The van der Waals surface area contributed by atoms with Crippen LogP contribution in [0.25, 0.3) is 0 Å². The third-order valence-electron chi connectivity index (χ3n) is 2.37. The van der Waals surface area contributed by atoms with E-state index in [2.05, 4.69) is 0 Å². The van der Waals surface area contributed by atoms with Crippen LogP contribution in [0, 0.1) is 0 Å². The Morgan fingerprint density at radius 3 is 2.32 bits per heavy atom. The SMILES string of the molecule is CC(NC(=O)C(F)(F)C(F)F)c1ccc(Cl)c(Cl)c1. The van der Waals surface area contributed by atoms with Crippen LogP contribution in [-0.2, 0) is 4.79 Å². The van der Waals surface area contributed by atoms with Gasteiger partial charge in [-0.05, 0) is 24.6 Å². The van der Waals surface area contributed by atoms with Gasteiger partial charge in [-0.25, -0.2) is 8.78 Å². The number of amides is 1. The van der Waals surface area contributed by atoms with Crippen LogP contribution in [0.5, 0.6) is 0 Å². The van der Waals surface area contributed by atoms with Gasteiger partial charge >= 0.3 is 12.3 Å². The van der Waals surface area contributed by atoms with Gasteiger partial charge in [0.05, 0.1) is 16.1 Å². The summed E-state index contributed by atoms with van der Waals surface area (Å²) >= 11 is 11.4. The molecule has 106 valence electrons. The molecule has 1 amide bonds. The van der Waals surface area contributed by atoms with E-state index in [0.29, 0.717) is 5.56 Å². The van der Waals surface area contributed by atoms with E-state index in [1.165, 1.54) is 25.1 Å². The van der Waals surface area contributed by atoms with Crippen molar-refractivity contribution in [1.29, 1.82) is 0 Å². The summed E-state index contributed by atoms with van der Waals surface area (Å²) in [5.74, 6) is -6.77. The molecule has 0 fully saturated rings. The summed E-state index contributed by atoms with van der Waals surface area (Å²) < 4.78 is 49.5. The lowest BCUT2D eigenvalue weighted by Gasteiger charge is -2.19. The number of rotatable bonds is 4. The molecule has 1 aromatic rings. The van der Waals surface area contributed by atoms with E-state index in [4.69, 9.17) is 23.2 Å². The molecule has 1 rings (SSSR count). The Labute approximate surface area is 116 Å². The first-order valence-electron chi connectivity index (χ1n) is 5.08. The third-order valence-corrected chi connectivity index (χ3v) is 3.11. The number of halogens is 6. The Balaban J connectivity index is 2.82. The van der Waals surface area contributed by atoms with E-state index in [9.17, 15) is 22.4 Å². The maximum absolute atomic E-state index is 12.8. The standard InChI is InChI=1S/C11H9Cl2F4NO/c1-5(6-2-3-7(12)8(13)4-6)18-10(19)11(16,17)9(14)15/h2-5,9H,1H3,(H,18,19). The lowest BCUT2D eigenvalue weighted by molar-refractivity contribution is -0.170. The van der Waals surface area contributed by atoms with Gasteiger partial charge in [0.15, 0.2) is 0 Å². The summed E-state index contributed by atoms with van der Waals surface area (Å²) in [5, 5.41) is 2.21. The first-order valence-corrected chi connectivity index (χ1v) is 5.83. The van der Waals surface area contributed by atoms with Gasteiger partial charge in [-0.3, -0.25) is 4.79 Å². The highest BCUT2D eigenvalue weighted by molar-refractivity contribution is 6.42. The van der Waals surface area contributed by atoms with Gasteiger partial charge in [0.25, 0.3) is 5.91 Å². The van der Waals surface area contributed by atoms with Crippen molar-refractivity contribution >= 4 is 29.1 Å². The van der Waals surface area contributed by atoms with Crippen molar-refractivity contribution in [2.24, 2.45) is 0 Å². The van der Waals surface area contributed by atoms with Gasteiger partial charge in [-0.15, -0.1) is 0 Å². The zero-order valence-corrected chi connectivity index (χ0v) is 11.1. The molecule has 0 saturated carbocycles. The van der Waals surface area contributed by atoms with Gasteiger partial charge in [0.1, 0.15) is 0 Å². The summed E-state index contributed by atoms with van der Waals surface area (Å²) in [6, 6.07) is 3.30. The second-order valence-corrected chi connectivity index (χ2v) is 4.61. The quantitative estimate of drug-likeness (QED) is 0.833. The molecule has 2 nitrogen and oxygen atoms in total. The van der Waals surface area contributed by atoms with Crippen molar-refractivity contribution in [2.75, 3.05) is 0 Å². The highest BCUT2D eigenvalue weighted by atomic mass is 35.5. The molecule has 19 heavy (non-hydrogen) atoms. The van der Waals surface area contributed by atoms with E-state index in [-0.39, 0.29) is 10.0 Å². The van der Waals surface area contributed by atoms with Gasteiger partial charge in [-0.1, -0.05) is 29.3 Å². The first kappa shape index (κ1) is 16.0. The Morgan fingerprint density at radius 2 is 1.84 bits per heavy atom. The molecule has 0 aromatic heterocycles. The van der Waals surface area contributed by atoms with Crippen molar-refractivity contribution in [3.63, 3.8) is 0 Å². The highest BCUT2D eigenvalue weighted by Gasteiger charge is 2.49. The van der Waals surface area contributed by atoms with Crippen LogP contribution in [0.1, 0.15) is 18.5 Å². The molecule has 0 bridgehead atoms. The Morgan fingerprint density at radius 1 is 1.26 bits per heavy atom. The molecule has 1 unspecified atom stereocenters. The minimum Gasteiger partial charge on any atom is -0.344 e. The Hall–Kier alpha value is -1.01. The predicted molar refractivity (Wildman–Crippen MR) is 64.0 cm³/mol. The fraction of sp³-hybridized carbons (Fsp3) is 0.364. The number of carbonyl (C=O) groups excluding carboxylic acids is 1. The van der Waals surface area contributed by atoms with Gasteiger partial charge in [0.2, 0.25) is 0 Å². The topological polar surface area (TPSA) is 29.1 Å². The van der Waals surface area contributed by atoms with E-state index >= 15 is 0 Å². The zero-order valence-electron chi connectivity index (χ0n) is 9.56. The van der Waals surface area contributed by atoms with E-state index < -0.39 is 24.3 Å². The third kappa shape index (κ3) is 3.73. The summed E-state index contributed by atoms with van der Waals surface area (Å²) in [6.07, 6.45) is -4.06. The maximum Gasteiger partial charge on any atom is 0.383 e. The van der Waals surface area contributed by atoms with Crippen LogP contribution in [0.4, 0.5) is 17.6 Å². The van der Waals surface area contributed by atoms with Crippen molar-refractivity contribution in [3.05, 3.63) is 33.8 Å².